The Morgan fingerprint density at radius 3 is 2.61 bits per heavy atom. The number of carbonyl (C=O) groups excluding carboxylic acids is 1. The van der Waals surface area contributed by atoms with E-state index in [9.17, 15) is 15.0 Å². The molecular formula is C15H24O3. The largest absolute Gasteiger partial charge is 0.393 e. The van der Waals surface area contributed by atoms with Crippen molar-refractivity contribution in [3.05, 3.63) is 0 Å². The summed E-state index contributed by atoms with van der Waals surface area (Å²) in [5, 5.41) is 20.3. The van der Waals surface area contributed by atoms with Crippen LogP contribution in [0.15, 0.2) is 0 Å². The molecule has 0 amide bonds. The van der Waals surface area contributed by atoms with Gasteiger partial charge in [0.15, 0.2) is 0 Å². The molecule has 3 fully saturated rings. The molecule has 18 heavy (non-hydrogen) atoms. The van der Waals surface area contributed by atoms with Crippen LogP contribution in [0, 0.1) is 23.7 Å². The Hall–Kier alpha value is -0.410. The molecule has 5 atom stereocenters. The monoisotopic (exact) mass is 252 g/mol. The Labute approximate surface area is 109 Å². The van der Waals surface area contributed by atoms with E-state index >= 15 is 0 Å². The summed E-state index contributed by atoms with van der Waals surface area (Å²) < 4.78 is 0. The number of hydrogen-bond donors (Lipinski definition) is 2. The van der Waals surface area contributed by atoms with E-state index in [4.69, 9.17) is 0 Å². The highest BCUT2D eigenvalue weighted by molar-refractivity contribution is 5.88. The maximum Gasteiger partial charge on any atom is 0.136 e. The fourth-order valence-corrected chi connectivity index (χ4v) is 4.34. The third-order valence-electron chi connectivity index (χ3n) is 5.62. The maximum atomic E-state index is 11.4. The zero-order valence-electron chi connectivity index (χ0n) is 10.9. The maximum absolute atomic E-state index is 11.4. The molecule has 0 aromatic rings. The smallest absolute Gasteiger partial charge is 0.136 e. The van der Waals surface area contributed by atoms with Gasteiger partial charge in [0, 0.05) is 18.3 Å². The standard InChI is InChI=1S/C15H24O3/c16-13(9-3-1-2-4-9)6-5-10-7-11-12(15(10)18)8-14(11)17/h9-13,15-16,18H,1-8H2. The summed E-state index contributed by atoms with van der Waals surface area (Å²) in [6, 6.07) is 0. The van der Waals surface area contributed by atoms with Gasteiger partial charge in [-0.1, -0.05) is 12.8 Å². The number of aliphatic hydroxyl groups excluding tert-OH is 2. The van der Waals surface area contributed by atoms with Crippen LogP contribution in [0.2, 0.25) is 0 Å². The second-order valence-corrected chi connectivity index (χ2v) is 6.62. The van der Waals surface area contributed by atoms with E-state index in [2.05, 4.69) is 0 Å². The third kappa shape index (κ3) is 2.12. The average molecular weight is 252 g/mol. The third-order valence-corrected chi connectivity index (χ3v) is 5.62. The summed E-state index contributed by atoms with van der Waals surface area (Å²) in [5.41, 5.74) is 0. The summed E-state index contributed by atoms with van der Waals surface area (Å²) in [4.78, 5) is 11.4. The predicted octanol–water partition coefficient (Wildman–Crippen LogP) is 1.90. The van der Waals surface area contributed by atoms with Crippen molar-refractivity contribution in [1.82, 2.24) is 0 Å². The van der Waals surface area contributed by atoms with Crippen molar-refractivity contribution in [1.29, 1.82) is 0 Å². The highest BCUT2D eigenvalue weighted by Crippen LogP contribution is 2.49. The Bertz CT molecular complexity index is 322. The summed E-state index contributed by atoms with van der Waals surface area (Å²) in [6.07, 6.45) is 7.52. The van der Waals surface area contributed by atoms with E-state index in [1.165, 1.54) is 12.8 Å². The molecule has 0 aromatic carbocycles. The van der Waals surface area contributed by atoms with Gasteiger partial charge in [-0.2, -0.15) is 0 Å². The quantitative estimate of drug-likeness (QED) is 0.803. The van der Waals surface area contributed by atoms with Crippen LogP contribution < -0.4 is 0 Å². The highest BCUT2D eigenvalue weighted by Gasteiger charge is 2.52. The van der Waals surface area contributed by atoms with Crippen LogP contribution in [0.1, 0.15) is 51.4 Å². The Balaban J connectivity index is 1.47. The SMILES string of the molecule is O=C1CC2C1CC(CCC(O)C1CCCC1)C2O. The molecule has 0 spiro atoms. The number of carbonyl (C=O) groups is 1. The molecule has 0 radical (unpaired) electrons. The minimum atomic E-state index is -0.288. The van der Waals surface area contributed by atoms with Crippen LogP contribution >= 0.6 is 0 Å². The minimum Gasteiger partial charge on any atom is -0.393 e. The first-order chi connectivity index (χ1) is 8.66. The molecule has 3 heteroatoms. The van der Waals surface area contributed by atoms with E-state index in [1.807, 2.05) is 0 Å². The molecule has 2 N–H and O–H groups in total. The predicted molar refractivity (Wildman–Crippen MR) is 67.9 cm³/mol. The average Bonchev–Trinajstić information content (AvgIpc) is 2.95. The lowest BCUT2D eigenvalue weighted by Crippen LogP contribution is -2.38. The lowest BCUT2D eigenvalue weighted by molar-refractivity contribution is -0.135. The van der Waals surface area contributed by atoms with Gasteiger partial charge >= 0.3 is 0 Å². The van der Waals surface area contributed by atoms with E-state index in [1.54, 1.807) is 0 Å². The van der Waals surface area contributed by atoms with Crippen LogP contribution in [0.25, 0.3) is 0 Å². The van der Waals surface area contributed by atoms with Crippen LogP contribution in [0.4, 0.5) is 0 Å². The summed E-state index contributed by atoms with van der Waals surface area (Å²) in [7, 11) is 0. The van der Waals surface area contributed by atoms with Gasteiger partial charge in [0.25, 0.3) is 0 Å². The molecule has 0 aliphatic heterocycles. The topological polar surface area (TPSA) is 57.5 Å². The van der Waals surface area contributed by atoms with Crippen molar-refractivity contribution in [3.8, 4) is 0 Å². The molecule has 5 unspecified atom stereocenters. The van der Waals surface area contributed by atoms with Crippen LogP contribution in [-0.2, 0) is 4.79 Å². The molecule has 0 heterocycles. The van der Waals surface area contributed by atoms with Crippen LogP contribution in [0.5, 0.6) is 0 Å². The second kappa shape index (κ2) is 4.93. The number of aliphatic hydroxyl groups is 2. The number of hydrogen-bond acceptors (Lipinski definition) is 3. The van der Waals surface area contributed by atoms with E-state index < -0.39 is 0 Å². The Morgan fingerprint density at radius 1 is 1.28 bits per heavy atom. The fourth-order valence-electron chi connectivity index (χ4n) is 4.34. The second-order valence-electron chi connectivity index (χ2n) is 6.62. The van der Waals surface area contributed by atoms with E-state index in [-0.39, 0.29) is 30.0 Å². The molecule has 102 valence electrons. The first kappa shape index (κ1) is 12.6. The van der Waals surface area contributed by atoms with Crippen LogP contribution in [0.3, 0.4) is 0 Å². The molecule has 0 aromatic heterocycles. The van der Waals surface area contributed by atoms with Gasteiger partial charge in [0.2, 0.25) is 0 Å². The first-order valence-corrected chi connectivity index (χ1v) is 7.55. The summed E-state index contributed by atoms with van der Waals surface area (Å²) in [6.45, 7) is 0. The fraction of sp³-hybridized carbons (Fsp3) is 0.933. The lowest BCUT2D eigenvalue weighted by atomic mass is 9.74. The van der Waals surface area contributed by atoms with Gasteiger partial charge < -0.3 is 10.2 Å². The Morgan fingerprint density at radius 2 is 2.00 bits per heavy atom. The summed E-state index contributed by atoms with van der Waals surface area (Å²) >= 11 is 0. The van der Waals surface area contributed by atoms with Gasteiger partial charge in [0.1, 0.15) is 5.78 Å². The number of fused-ring (bicyclic) bond motifs is 1. The highest BCUT2D eigenvalue weighted by atomic mass is 16.3. The molecule has 0 saturated heterocycles. The van der Waals surface area contributed by atoms with Gasteiger partial charge in [-0.25, -0.2) is 0 Å². The Kier molecular flexibility index (Phi) is 3.46. The summed E-state index contributed by atoms with van der Waals surface area (Å²) in [5.74, 6) is 1.47. The molecule has 0 bridgehead atoms. The normalized spacial score (nSPS) is 41.8. The van der Waals surface area contributed by atoms with Gasteiger partial charge in [-0.3, -0.25) is 4.79 Å². The molecule has 3 aliphatic carbocycles. The van der Waals surface area contributed by atoms with Gasteiger partial charge in [0.05, 0.1) is 12.2 Å². The number of ketones is 1. The molecular weight excluding hydrogens is 228 g/mol. The first-order valence-electron chi connectivity index (χ1n) is 7.55. The van der Waals surface area contributed by atoms with Crippen molar-refractivity contribution >= 4 is 5.78 Å². The zero-order valence-corrected chi connectivity index (χ0v) is 10.9. The van der Waals surface area contributed by atoms with E-state index in [0.717, 1.165) is 32.1 Å². The van der Waals surface area contributed by atoms with Gasteiger partial charge in [-0.15, -0.1) is 0 Å². The molecule has 3 nitrogen and oxygen atoms in total. The van der Waals surface area contributed by atoms with Crippen LogP contribution in [-0.4, -0.2) is 28.2 Å². The molecule has 3 saturated carbocycles. The van der Waals surface area contributed by atoms with Gasteiger partial charge in [-0.05, 0) is 43.9 Å². The van der Waals surface area contributed by atoms with Crippen molar-refractivity contribution in [2.45, 2.75) is 63.6 Å². The lowest BCUT2D eigenvalue weighted by Gasteiger charge is -2.30. The van der Waals surface area contributed by atoms with Crippen molar-refractivity contribution < 1.29 is 15.0 Å². The molecule has 3 aliphatic rings. The zero-order chi connectivity index (χ0) is 12.7. The number of rotatable bonds is 4. The van der Waals surface area contributed by atoms with Crippen molar-refractivity contribution in [2.75, 3.05) is 0 Å². The molecule has 3 rings (SSSR count). The number of Topliss-reactive ketones (excluding diaryl/α,β-unsaturated/α-hetero) is 1. The van der Waals surface area contributed by atoms with Crippen molar-refractivity contribution in [2.24, 2.45) is 23.7 Å². The van der Waals surface area contributed by atoms with E-state index in [0.29, 0.717) is 18.1 Å². The minimum absolute atomic E-state index is 0.147. The van der Waals surface area contributed by atoms with Crippen molar-refractivity contribution in [3.63, 3.8) is 0 Å².